The number of benzene rings is 4. The molecular formula is C35H44Cl3NSi3. The van der Waals surface area contributed by atoms with Crippen LogP contribution < -0.4 is 20.7 Å². The van der Waals surface area contributed by atoms with E-state index in [0.29, 0.717) is 6.04 Å². The highest BCUT2D eigenvalue weighted by molar-refractivity contribution is 7.64. The Kier molecular flexibility index (Phi) is 10.4. The average Bonchev–Trinajstić information content (AvgIpc) is 2.94. The van der Waals surface area contributed by atoms with Gasteiger partial charge in [0.1, 0.15) is 0 Å². The lowest BCUT2D eigenvalue weighted by molar-refractivity contribution is 0.528. The Balaban J connectivity index is 2.25. The Bertz CT molecular complexity index is 1220. The molecule has 4 rings (SSSR count). The molecule has 42 heavy (non-hydrogen) atoms. The normalized spacial score (nSPS) is 13.4. The minimum Gasteiger partial charge on any atom is -0.330 e. The molecule has 4 aromatic carbocycles. The number of halogens is 3. The second-order valence-electron chi connectivity index (χ2n) is 13.3. The third kappa shape index (κ3) is 6.41. The fourth-order valence-corrected chi connectivity index (χ4v) is 25.3. The van der Waals surface area contributed by atoms with Gasteiger partial charge in [0.25, 0.3) is 0 Å². The van der Waals surface area contributed by atoms with Crippen molar-refractivity contribution in [2.75, 3.05) is 6.54 Å². The van der Waals surface area contributed by atoms with Crippen LogP contribution in [0.3, 0.4) is 0 Å². The van der Waals surface area contributed by atoms with Crippen molar-refractivity contribution in [3.63, 3.8) is 0 Å². The minimum atomic E-state index is -2.83. The highest BCUT2D eigenvalue weighted by Crippen LogP contribution is 2.47. The van der Waals surface area contributed by atoms with Gasteiger partial charge in [0, 0.05) is 0 Å². The summed E-state index contributed by atoms with van der Waals surface area (Å²) >= 11 is 19.7. The first kappa shape index (κ1) is 33.3. The van der Waals surface area contributed by atoms with Gasteiger partial charge in [0.2, 0.25) is 0 Å². The van der Waals surface area contributed by atoms with Crippen molar-refractivity contribution in [1.29, 1.82) is 0 Å². The van der Waals surface area contributed by atoms with Gasteiger partial charge in [-0.2, -0.15) is 0 Å². The van der Waals surface area contributed by atoms with Gasteiger partial charge in [-0.05, 0) is 49.8 Å². The Morgan fingerprint density at radius 1 is 0.476 bits per heavy atom. The van der Waals surface area contributed by atoms with Gasteiger partial charge in [0.05, 0.1) is 0 Å². The maximum atomic E-state index is 6.57. The van der Waals surface area contributed by atoms with Crippen LogP contribution in [-0.2, 0) is 0 Å². The van der Waals surface area contributed by atoms with Gasteiger partial charge in [-0.1, -0.05) is 163 Å². The summed E-state index contributed by atoms with van der Waals surface area (Å²) in [5.74, 6) is 0. The van der Waals surface area contributed by atoms with Gasteiger partial charge in [-0.3, -0.25) is 0 Å². The van der Waals surface area contributed by atoms with Crippen LogP contribution in [0.5, 0.6) is 0 Å². The molecule has 0 aliphatic carbocycles. The Labute approximate surface area is 271 Å². The molecule has 7 heteroatoms. The van der Waals surface area contributed by atoms with E-state index in [4.69, 9.17) is 33.2 Å². The summed E-state index contributed by atoms with van der Waals surface area (Å²) in [7, 11) is -5.61. The van der Waals surface area contributed by atoms with Crippen molar-refractivity contribution in [3.8, 4) is 0 Å². The van der Waals surface area contributed by atoms with Crippen molar-refractivity contribution in [1.82, 2.24) is 4.23 Å². The molecule has 0 saturated heterocycles. The third-order valence-electron chi connectivity index (χ3n) is 8.59. The lowest BCUT2D eigenvalue weighted by Gasteiger charge is -2.62. The maximum absolute atomic E-state index is 6.57. The molecule has 0 radical (unpaired) electrons. The fourth-order valence-electron chi connectivity index (χ4n) is 7.24. The largest absolute Gasteiger partial charge is 0.341 e. The molecule has 222 valence electrons. The van der Waals surface area contributed by atoms with E-state index in [9.17, 15) is 0 Å². The molecule has 0 aromatic heterocycles. The average molecular weight is 669 g/mol. The quantitative estimate of drug-likeness (QED) is 0.121. The monoisotopic (exact) mass is 667 g/mol. The number of rotatable bonds is 10. The SMILES string of the molecule is CC(C)(C)[Si](c1ccccc1)(c1ccccc1)N(CCC[Si](Cl)(Cl)Cl)[Si](c1ccccc1)(c1ccccc1)C(C)(C)C. The van der Waals surface area contributed by atoms with Crippen molar-refractivity contribution in [2.24, 2.45) is 0 Å². The summed E-state index contributed by atoms with van der Waals surface area (Å²) in [5.41, 5.74) is 0. The zero-order valence-electron chi connectivity index (χ0n) is 25.7. The van der Waals surface area contributed by atoms with E-state index in [1.165, 1.54) is 20.7 Å². The molecule has 0 N–H and O–H groups in total. The van der Waals surface area contributed by atoms with E-state index >= 15 is 0 Å². The minimum absolute atomic E-state index is 0.0832. The van der Waals surface area contributed by atoms with Crippen LogP contribution in [0.1, 0.15) is 48.0 Å². The lowest BCUT2D eigenvalue weighted by Crippen LogP contribution is -2.88. The second-order valence-corrected chi connectivity index (χ2v) is 32.2. The molecule has 0 amide bonds. The standard InChI is InChI=1S/C35H44Cl3NSi3/c1-34(2,3)41(30-20-11-7-12-21-30,31-22-13-8-14-23-31)39(28-19-29-40(36,37)38)42(35(4,5)6,32-24-15-9-16-25-32)33-26-17-10-18-27-33/h7-18,20-27H,19,28-29H2,1-6H3. The molecule has 0 aliphatic heterocycles. The molecular weight excluding hydrogens is 625 g/mol. The van der Waals surface area contributed by atoms with Crippen LogP contribution >= 0.6 is 33.2 Å². The summed E-state index contributed by atoms with van der Waals surface area (Å²) in [5, 5.41) is 5.51. The predicted molar refractivity (Wildman–Crippen MR) is 195 cm³/mol. The summed E-state index contributed by atoms with van der Waals surface area (Å²) in [6.07, 6.45) is 0.831. The fraction of sp³-hybridized carbons (Fsp3) is 0.314. The maximum Gasteiger partial charge on any atom is 0.341 e. The van der Waals surface area contributed by atoms with E-state index < -0.39 is 22.5 Å². The molecule has 0 atom stereocenters. The zero-order chi connectivity index (χ0) is 30.7. The van der Waals surface area contributed by atoms with Gasteiger partial charge >= 0.3 is 6.00 Å². The topological polar surface area (TPSA) is 3.24 Å². The van der Waals surface area contributed by atoms with Gasteiger partial charge < -0.3 is 4.23 Å². The third-order valence-corrected chi connectivity index (χ3v) is 24.3. The van der Waals surface area contributed by atoms with E-state index in [1.54, 1.807) is 0 Å². The zero-order valence-corrected chi connectivity index (χ0v) is 31.0. The highest BCUT2D eigenvalue weighted by Gasteiger charge is 2.63. The summed E-state index contributed by atoms with van der Waals surface area (Å²) in [4.78, 5) is 0. The first-order valence-electron chi connectivity index (χ1n) is 14.8. The Morgan fingerprint density at radius 3 is 0.952 bits per heavy atom. The van der Waals surface area contributed by atoms with Crippen LogP contribution in [0.15, 0.2) is 121 Å². The van der Waals surface area contributed by atoms with Crippen LogP contribution in [0.4, 0.5) is 0 Å². The molecule has 0 spiro atoms. The van der Waals surface area contributed by atoms with E-state index in [0.717, 1.165) is 13.0 Å². The van der Waals surface area contributed by atoms with Crippen LogP contribution in [-0.4, -0.2) is 33.2 Å². The van der Waals surface area contributed by atoms with Gasteiger partial charge in [-0.25, -0.2) is 0 Å². The van der Waals surface area contributed by atoms with Crippen LogP contribution in [0, 0.1) is 0 Å². The van der Waals surface area contributed by atoms with Gasteiger partial charge in [-0.15, -0.1) is 33.2 Å². The predicted octanol–water partition coefficient (Wildman–Crippen LogP) is 8.45. The number of hydrogen-bond donors (Lipinski definition) is 0. The molecule has 1 nitrogen and oxygen atoms in total. The smallest absolute Gasteiger partial charge is 0.330 e. The van der Waals surface area contributed by atoms with E-state index in [2.05, 4.69) is 167 Å². The molecule has 4 aromatic rings. The highest BCUT2D eigenvalue weighted by atomic mass is 35.8. The van der Waals surface area contributed by atoms with Crippen molar-refractivity contribution in [2.45, 2.75) is 64.1 Å². The molecule has 0 bridgehead atoms. The van der Waals surface area contributed by atoms with Gasteiger partial charge in [0.15, 0.2) is 16.5 Å². The molecule has 0 unspecified atom stereocenters. The number of nitrogens with zero attached hydrogens (tertiary/aromatic N) is 1. The molecule has 0 aliphatic rings. The second kappa shape index (κ2) is 13.2. The van der Waals surface area contributed by atoms with Crippen molar-refractivity contribution >= 4 is 76.5 Å². The molecule has 0 heterocycles. The van der Waals surface area contributed by atoms with Crippen LogP contribution in [0.2, 0.25) is 16.1 Å². The Morgan fingerprint density at radius 2 is 0.738 bits per heavy atom. The van der Waals surface area contributed by atoms with Crippen molar-refractivity contribution < 1.29 is 0 Å². The lowest BCUT2D eigenvalue weighted by atomic mass is 10.2. The van der Waals surface area contributed by atoms with E-state index in [-0.39, 0.29) is 10.1 Å². The molecule has 0 saturated carbocycles. The summed E-state index contributed by atoms with van der Waals surface area (Å²) in [6, 6.07) is 43.0. The first-order valence-corrected chi connectivity index (χ1v) is 24.0. The van der Waals surface area contributed by atoms with Crippen LogP contribution in [0.25, 0.3) is 0 Å². The number of hydrogen-bond acceptors (Lipinski definition) is 1. The van der Waals surface area contributed by atoms with E-state index in [1.807, 2.05) is 0 Å². The Hall–Kier alpha value is -1.64. The molecule has 0 fully saturated rings. The first-order chi connectivity index (χ1) is 19.8. The summed E-state index contributed by atoms with van der Waals surface area (Å²) < 4.78 is 3.06. The summed E-state index contributed by atoms with van der Waals surface area (Å²) in [6.45, 7) is 15.6. The van der Waals surface area contributed by atoms with Crippen molar-refractivity contribution in [3.05, 3.63) is 121 Å².